The molecule has 0 radical (unpaired) electrons. The van der Waals surface area contributed by atoms with E-state index in [9.17, 15) is 4.79 Å². The lowest BCUT2D eigenvalue weighted by atomic mass is 9.85. The van der Waals surface area contributed by atoms with E-state index in [0.717, 1.165) is 38.5 Å². The first-order valence-corrected chi connectivity index (χ1v) is 32.0. The normalized spacial score (nSPS) is 39.7. The third kappa shape index (κ3) is 19.3. The number of carbonyl (C=O) groups is 1. The molecule has 0 aromatic carbocycles. The summed E-state index contributed by atoms with van der Waals surface area (Å²) in [4.78, 5) is 13.6. The maximum Gasteiger partial charge on any atom is 0.334 e. The zero-order valence-electron chi connectivity index (χ0n) is 50.6. The van der Waals surface area contributed by atoms with E-state index >= 15 is 0 Å². The topological polar surface area (TPSA) is 128 Å². The second kappa shape index (κ2) is 25.4. The van der Waals surface area contributed by atoms with E-state index in [0.29, 0.717) is 50.7 Å². The molecule has 0 aromatic heterocycles. The standard InChI is InChI=1S/C62H104O13Si/c1-42(2)54-43(3)30-31-46(74-76(18,19)56(5,6)7)33-47-34-48(68-59(12,13)67-47)35-49-36-50(70-60(14,15)69-49)37-51-38-53(73-61(16,17)71-51)40-62(41-64-57(8,9)75-62)39-52-32-45(66-58(10,11)72-52)29-27-25-23-21-20-22-24-26-28-44(4)55(63)65-54/h20-28,42-43,45-54H,29-41H2,1-19H3/b22-20+,23-21+,26-24+,27-25+,44-28+/t43-,45+,46+,47-,48-,49+,50+,51-,52-,53+,54+,62?/m0/s1. The van der Waals surface area contributed by atoms with E-state index in [1.54, 1.807) is 0 Å². The van der Waals surface area contributed by atoms with E-state index in [1.807, 2.05) is 119 Å². The van der Waals surface area contributed by atoms with E-state index in [-0.39, 0.29) is 83.9 Å². The molecule has 0 saturated carbocycles. The SMILES string of the molecule is C\C1=C/C=C/C=C/C=C/C=C/C[C@@H]2C[C@@H](CC3(COC(C)(C)O3)C[C@H]3C[C@H](C[C@H]4C[C@@H](C[C@@H]5C[C@H](C[C@H](O[Si](C)(C)C(C)(C)C)CC[C@H](C)[C@@H](C(C)C)OC1=O)OC(C)(C)O5)OC(C)(C)O4)OC(C)(C)O3)OC(C)(C)O2. The number of fused-ring (bicyclic) bond motifs is 8. The van der Waals surface area contributed by atoms with Crippen LogP contribution in [0.3, 0.4) is 0 Å². The summed E-state index contributed by atoms with van der Waals surface area (Å²) in [7, 11) is -2.19. The minimum atomic E-state index is -2.19. The number of rotatable bonds is 3. The van der Waals surface area contributed by atoms with E-state index < -0.39 is 42.9 Å². The summed E-state index contributed by atoms with van der Waals surface area (Å²) >= 11 is 0. The maximum atomic E-state index is 13.6. The van der Waals surface area contributed by atoms with Gasteiger partial charge >= 0.3 is 5.97 Å². The molecule has 1 unspecified atom stereocenters. The number of hydrogen-bond acceptors (Lipinski definition) is 13. The lowest BCUT2D eigenvalue weighted by Crippen LogP contribution is -2.53. The molecule has 0 aliphatic carbocycles. The molecule has 8 bridgehead atoms. The van der Waals surface area contributed by atoms with Crippen molar-refractivity contribution in [2.24, 2.45) is 11.8 Å². The molecule has 12 atom stereocenters. The molecule has 0 N–H and O–H groups in total. The van der Waals surface area contributed by atoms with Crippen molar-refractivity contribution in [2.45, 2.75) is 308 Å². The third-order valence-corrected chi connectivity index (χ3v) is 20.7. The van der Waals surface area contributed by atoms with Gasteiger partial charge in [0.2, 0.25) is 0 Å². The molecule has 6 rings (SSSR count). The molecular weight excluding hydrogens is 981 g/mol. The predicted molar refractivity (Wildman–Crippen MR) is 301 cm³/mol. The highest BCUT2D eigenvalue weighted by Crippen LogP contribution is 2.46. The summed E-state index contributed by atoms with van der Waals surface area (Å²) in [5, 5.41) is 0.0243. The van der Waals surface area contributed by atoms with Crippen LogP contribution in [-0.4, -0.2) is 116 Å². The van der Waals surface area contributed by atoms with E-state index in [4.69, 9.17) is 56.5 Å². The van der Waals surface area contributed by atoms with Crippen molar-refractivity contribution in [3.8, 4) is 0 Å². The van der Waals surface area contributed by atoms with Crippen LogP contribution in [0.15, 0.2) is 60.3 Å². The van der Waals surface area contributed by atoms with Crippen molar-refractivity contribution in [2.75, 3.05) is 6.61 Å². The Morgan fingerprint density at radius 3 is 1.42 bits per heavy atom. The Hall–Kier alpha value is -2.05. The smallest absolute Gasteiger partial charge is 0.334 e. The molecule has 0 amide bonds. The lowest BCUT2D eigenvalue weighted by Gasteiger charge is -2.48. The summed E-state index contributed by atoms with van der Waals surface area (Å²) in [6.45, 7) is 40.3. The van der Waals surface area contributed by atoms with Gasteiger partial charge in [-0.2, -0.15) is 0 Å². The van der Waals surface area contributed by atoms with Crippen LogP contribution in [0.2, 0.25) is 18.1 Å². The van der Waals surface area contributed by atoms with Gasteiger partial charge in [-0.15, -0.1) is 0 Å². The Balaban J connectivity index is 1.26. The fourth-order valence-corrected chi connectivity index (χ4v) is 13.7. The van der Waals surface area contributed by atoms with Gasteiger partial charge in [0.1, 0.15) is 6.10 Å². The van der Waals surface area contributed by atoms with Gasteiger partial charge in [-0.1, -0.05) is 96.2 Å². The van der Waals surface area contributed by atoms with E-state index in [1.165, 1.54) is 0 Å². The van der Waals surface area contributed by atoms with Crippen molar-refractivity contribution in [3.63, 3.8) is 0 Å². The molecule has 14 heteroatoms. The molecule has 6 heterocycles. The number of allylic oxidation sites excluding steroid dienone is 8. The van der Waals surface area contributed by atoms with Crippen molar-refractivity contribution >= 4 is 14.3 Å². The Morgan fingerprint density at radius 1 is 0.566 bits per heavy atom. The summed E-state index contributed by atoms with van der Waals surface area (Å²) in [6.07, 6.45) is 25.2. The first-order valence-electron chi connectivity index (χ1n) is 29.1. The van der Waals surface area contributed by atoms with Crippen LogP contribution in [0.25, 0.3) is 0 Å². The molecule has 6 aliphatic heterocycles. The first kappa shape index (κ1) is 63.1. The van der Waals surface area contributed by atoms with Gasteiger partial charge in [0.15, 0.2) is 37.3 Å². The summed E-state index contributed by atoms with van der Waals surface area (Å²) in [6, 6.07) is 0. The van der Waals surface area contributed by atoms with Crippen molar-refractivity contribution in [1.82, 2.24) is 0 Å². The highest BCUT2D eigenvalue weighted by molar-refractivity contribution is 6.74. The molecule has 5 fully saturated rings. The van der Waals surface area contributed by atoms with Gasteiger partial charge in [0, 0.05) is 63.0 Å². The molecule has 76 heavy (non-hydrogen) atoms. The van der Waals surface area contributed by atoms with Crippen LogP contribution < -0.4 is 0 Å². The summed E-state index contributed by atoms with van der Waals surface area (Å²) in [5.41, 5.74) is -0.0913. The Kier molecular flexibility index (Phi) is 21.1. The van der Waals surface area contributed by atoms with Crippen LogP contribution in [0.5, 0.6) is 0 Å². The fraction of sp³-hybridized carbons (Fsp3) is 0.823. The number of esters is 1. The van der Waals surface area contributed by atoms with Gasteiger partial charge in [-0.05, 0) is 132 Å². The molecule has 13 nitrogen and oxygen atoms in total. The minimum absolute atomic E-state index is 0.0243. The predicted octanol–water partition coefficient (Wildman–Crippen LogP) is 14.0. The van der Waals surface area contributed by atoms with Gasteiger partial charge in [-0.25, -0.2) is 4.79 Å². The highest BCUT2D eigenvalue weighted by Gasteiger charge is 2.52. The Morgan fingerprint density at radius 2 is 0.974 bits per heavy atom. The molecule has 0 aromatic rings. The molecule has 5 saturated heterocycles. The lowest BCUT2D eigenvalue weighted by molar-refractivity contribution is -0.336. The van der Waals surface area contributed by atoms with Gasteiger partial charge in [0.05, 0.1) is 61.0 Å². The number of ether oxygens (including phenoxy) is 11. The van der Waals surface area contributed by atoms with Crippen LogP contribution >= 0.6 is 0 Å². The molecule has 1 spiro atoms. The number of carbonyl (C=O) groups excluding carboxylic acids is 1. The molecule has 434 valence electrons. The maximum absolute atomic E-state index is 13.6. The largest absolute Gasteiger partial charge is 0.458 e. The van der Waals surface area contributed by atoms with Crippen molar-refractivity contribution < 1.29 is 61.3 Å². The quantitative estimate of drug-likeness (QED) is 0.197. The molecular formula is C62H104O13Si. The van der Waals surface area contributed by atoms with Crippen molar-refractivity contribution in [1.29, 1.82) is 0 Å². The fourth-order valence-electron chi connectivity index (χ4n) is 12.3. The zero-order chi connectivity index (χ0) is 56.1. The average molecular weight is 1090 g/mol. The number of hydrogen-bond donors (Lipinski definition) is 0. The van der Waals surface area contributed by atoms with Crippen LogP contribution in [-0.2, 0) is 61.3 Å². The van der Waals surface area contributed by atoms with Crippen LogP contribution in [0, 0.1) is 11.8 Å². The van der Waals surface area contributed by atoms with Crippen LogP contribution in [0.1, 0.15) is 195 Å². The molecule has 6 aliphatic rings. The van der Waals surface area contributed by atoms with Gasteiger partial charge in [0.25, 0.3) is 0 Å². The second-order valence-corrected chi connectivity index (χ2v) is 32.1. The monoisotopic (exact) mass is 1080 g/mol. The van der Waals surface area contributed by atoms with Gasteiger partial charge < -0.3 is 56.5 Å². The van der Waals surface area contributed by atoms with E-state index in [2.05, 4.69) is 66.8 Å². The zero-order valence-corrected chi connectivity index (χ0v) is 51.6. The first-order chi connectivity index (χ1) is 35.1. The van der Waals surface area contributed by atoms with Gasteiger partial charge in [-0.3, -0.25) is 0 Å². The highest BCUT2D eigenvalue weighted by atomic mass is 28.4. The Labute approximate surface area is 461 Å². The van der Waals surface area contributed by atoms with Crippen LogP contribution in [0.4, 0.5) is 0 Å². The average Bonchev–Trinajstić information content (AvgIpc) is 3.54. The second-order valence-electron chi connectivity index (χ2n) is 27.4. The summed E-state index contributed by atoms with van der Waals surface area (Å²) < 4.78 is 80.5. The minimum Gasteiger partial charge on any atom is -0.458 e. The summed E-state index contributed by atoms with van der Waals surface area (Å²) in [5.74, 6) is -4.02. The van der Waals surface area contributed by atoms with Crippen molar-refractivity contribution in [3.05, 3.63) is 60.3 Å². The number of cyclic esters (lactones) is 1. The Bertz CT molecular complexity index is 2040. The third-order valence-electron chi connectivity index (χ3n) is 16.2.